The molecule has 3 heteroatoms. The lowest BCUT2D eigenvalue weighted by atomic mass is 10.0. The van der Waals surface area contributed by atoms with Crippen LogP contribution in [0.25, 0.3) is 0 Å². The molecule has 1 aromatic carbocycles. The van der Waals surface area contributed by atoms with Crippen LogP contribution in [0.2, 0.25) is 5.02 Å². The molecule has 0 saturated heterocycles. The summed E-state index contributed by atoms with van der Waals surface area (Å²) in [6, 6.07) is 5.05. The summed E-state index contributed by atoms with van der Waals surface area (Å²) in [6.07, 6.45) is 2.42. The van der Waals surface area contributed by atoms with Crippen molar-refractivity contribution in [2.45, 2.75) is 31.7 Å². The Kier molecular flexibility index (Phi) is 2.81. The van der Waals surface area contributed by atoms with Crippen LogP contribution in [0.15, 0.2) is 18.2 Å². The molecule has 1 aromatic rings. The Morgan fingerprint density at radius 2 is 2.20 bits per heavy atom. The van der Waals surface area contributed by atoms with Crippen molar-refractivity contribution in [2.75, 3.05) is 0 Å². The predicted octanol–water partition coefficient (Wildman–Crippen LogP) is 2.75. The van der Waals surface area contributed by atoms with E-state index in [9.17, 15) is 4.79 Å². The Labute approximate surface area is 94.4 Å². The number of Topliss-reactive ketones (excluding diaryl/α,β-unsaturated/α-hetero) is 1. The number of ketones is 1. The van der Waals surface area contributed by atoms with Crippen molar-refractivity contribution < 1.29 is 4.79 Å². The van der Waals surface area contributed by atoms with E-state index in [0.717, 1.165) is 5.56 Å². The van der Waals surface area contributed by atoms with E-state index in [1.807, 2.05) is 12.1 Å². The lowest BCUT2D eigenvalue weighted by molar-refractivity contribution is 0.0968. The van der Waals surface area contributed by atoms with Gasteiger partial charge in [-0.2, -0.15) is 0 Å². The van der Waals surface area contributed by atoms with E-state index >= 15 is 0 Å². The largest absolute Gasteiger partial charge is 0.321 e. The molecule has 15 heavy (non-hydrogen) atoms. The molecule has 2 rings (SSSR count). The Hall–Kier alpha value is -0.860. The maximum atomic E-state index is 11.6. The molecule has 0 radical (unpaired) electrons. The van der Waals surface area contributed by atoms with E-state index in [2.05, 4.69) is 0 Å². The third kappa shape index (κ3) is 2.21. The van der Waals surface area contributed by atoms with Crippen molar-refractivity contribution in [3.05, 3.63) is 34.3 Å². The summed E-state index contributed by atoms with van der Waals surface area (Å²) in [6.45, 7) is 1.69. The summed E-state index contributed by atoms with van der Waals surface area (Å²) >= 11 is 6.12. The van der Waals surface area contributed by atoms with Crippen molar-refractivity contribution in [1.82, 2.24) is 0 Å². The molecule has 1 aliphatic carbocycles. The van der Waals surface area contributed by atoms with Gasteiger partial charge in [0.05, 0.1) is 6.04 Å². The summed E-state index contributed by atoms with van der Waals surface area (Å²) in [5.74, 6) is 0.552. The summed E-state index contributed by atoms with van der Waals surface area (Å²) in [4.78, 5) is 11.6. The van der Waals surface area contributed by atoms with Gasteiger partial charge in [0.25, 0.3) is 0 Å². The van der Waals surface area contributed by atoms with E-state index in [1.165, 1.54) is 12.8 Å². The molecule has 1 fully saturated rings. The molecule has 0 amide bonds. The highest BCUT2D eigenvalue weighted by Gasteiger charge is 2.26. The molecule has 0 heterocycles. The smallest absolute Gasteiger partial charge is 0.179 e. The van der Waals surface area contributed by atoms with E-state index in [-0.39, 0.29) is 5.78 Å². The first-order chi connectivity index (χ1) is 7.09. The first kappa shape index (κ1) is 10.7. The quantitative estimate of drug-likeness (QED) is 0.801. The number of carbonyl (C=O) groups is 1. The minimum absolute atomic E-state index is 0.0563. The SMILES string of the molecule is CC(N)C(=O)c1ccc(C2CC2)c(Cl)c1. The highest BCUT2D eigenvalue weighted by Crippen LogP contribution is 2.43. The molecule has 1 unspecified atom stereocenters. The van der Waals surface area contributed by atoms with Crippen molar-refractivity contribution in [3.63, 3.8) is 0 Å². The third-order valence-electron chi connectivity index (χ3n) is 2.72. The highest BCUT2D eigenvalue weighted by atomic mass is 35.5. The van der Waals surface area contributed by atoms with Crippen LogP contribution >= 0.6 is 11.6 Å². The van der Waals surface area contributed by atoms with E-state index in [0.29, 0.717) is 16.5 Å². The lowest BCUT2D eigenvalue weighted by Gasteiger charge is -2.07. The van der Waals surface area contributed by atoms with Gasteiger partial charge in [0, 0.05) is 10.6 Å². The van der Waals surface area contributed by atoms with Crippen LogP contribution in [0.4, 0.5) is 0 Å². The number of carbonyl (C=O) groups excluding carboxylic acids is 1. The fraction of sp³-hybridized carbons (Fsp3) is 0.417. The maximum Gasteiger partial charge on any atom is 0.179 e. The summed E-state index contributed by atoms with van der Waals surface area (Å²) < 4.78 is 0. The molecular formula is C12H14ClNO. The number of halogens is 1. The van der Waals surface area contributed by atoms with E-state index < -0.39 is 6.04 Å². The van der Waals surface area contributed by atoms with Gasteiger partial charge in [-0.15, -0.1) is 0 Å². The van der Waals surface area contributed by atoms with Gasteiger partial charge in [-0.25, -0.2) is 0 Å². The lowest BCUT2D eigenvalue weighted by Crippen LogP contribution is -2.26. The normalized spacial score (nSPS) is 17.5. The average molecular weight is 224 g/mol. The monoisotopic (exact) mass is 223 g/mol. The second-order valence-corrected chi connectivity index (χ2v) is 4.57. The molecule has 0 aliphatic heterocycles. The van der Waals surface area contributed by atoms with E-state index in [1.54, 1.807) is 13.0 Å². The molecule has 0 bridgehead atoms. The standard InChI is InChI=1S/C12H14ClNO/c1-7(14)12(15)9-4-5-10(8-2-3-8)11(13)6-9/h4-8H,2-3,14H2,1H3. The van der Waals surface area contributed by atoms with Gasteiger partial charge in [-0.05, 0) is 37.3 Å². The summed E-state index contributed by atoms with van der Waals surface area (Å²) in [5, 5.41) is 0.698. The average Bonchev–Trinajstić information content (AvgIpc) is 3.00. The van der Waals surface area contributed by atoms with Gasteiger partial charge in [0.2, 0.25) is 0 Å². The number of hydrogen-bond donors (Lipinski definition) is 1. The number of hydrogen-bond acceptors (Lipinski definition) is 2. The molecule has 2 N–H and O–H groups in total. The topological polar surface area (TPSA) is 43.1 Å². The van der Waals surface area contributed by atoms with Crippen molar-refractivity contribution in [2.24, 2.45) is 5.73 Å². The highest BCUT2D eigenvalue weighted by molar-refractivity contribution is 6.31. The molecule has 0 spiro atoms. The zero-order valence-electron chi connectivity index (χ0n) is 8.66. The predicted molar refractivity (Wildman–Crippen MR) is 61.4 cm³/mol. The zero-order valence-corrected chi connectivity index (χ0v) is 9.42. The number of nitrogens with two attached hydrogens (primary N) is 1. The molecular weight excluding hydrogens is 210 g/mol. The van der Waals surface area contributed by atoms with Gasteiger partial charge in [-0.1, -0.05) is 23.7 Å². The fourth-order valence-corrected chi connectivity index (χ4v) is 2.00. The van der Waals surface area contributed by atoms with Crippen molar-refractivity contribution in [1.29, 1.82) is 0 Å². The van der Waals surface area contributed by atoms with Crippen LogP contribution in [0.1, 0.15) is 41.6 Å². The van der Waals surface area contributed by atoms with Crippen LogP contribution in [0.5, 0.6) is 0 Å². The molecule has 80 valence electrons. The minimum Gasteiger partial charge on any atom is -0.321 e. The second-order valence-electron chi connectivity index (χ2n) is 4.16. The van der Waals surface area contributed by atoms with Gasteiger partial charge in [0.15, 0.2) is 5.78 Å². The van der Waals surface area contributed by atoms with Crippen LogP contribution in [-0.2, 0) is 0 Å². The Morgan fingerprint density at radius 3 is 2.67 bits per heavy atom. The van der Waals surface area contributed by atoms with Crippen molar-refractivity contribution >= 4 is 17.4 Å². The van der Waals surface area contributed by atoms with Gasteiger partial charge < -0.3 is 5.73 Å². The zero-order chi connectivity index (χ0) is 11.0. The Morgan fingerprint density at radius 1 is 1.53 bits per heavy atom. The molecule has 0 aromatic heterocycles. The first-order valence-corrected chi connectivity index (χ1v) is 5.56. The van der Waals surface area contributed by atoms with E-state index in [4.69, 9.17) is 17.3 Å². The maximum absolute atomic E-state index is 11.6. The van der Waals surface area contributed by atoms with Gasteiger partial charge >= 0.3 is 0 Å². The number of benzene rings is 1. The first-order valence-electron chi connectivity index (χ1n) is 5.19. The molecule has 1 saturated carbocycles. The van der Waals surface area contributed by atoms with Crippen LogP contribution in [0, 0.1) is 0 Å². The Balaban J connectivity index is 2.28. The molecule has 1 aliphatic rings. The third-order valence-corrected chi connectivity index (χ3v) is 3.04. The Bertz CT molecular complexity index is 397. The second kappa shape index (κ2) is 3.95. The fourth-order valence-electron chi connectivity index (χ4n) is 1.67. The number of rotatable bonds is 3. The van der Waals surface area contributed by atoms with Gasteiger partial charge in [-0.3, -0.25) is 4.79 Å². The molecule has 2 nitrogen and oxygen atoms in total. The molecule has 1 atom stereocenters. The summed E-state index contributed by atoms with van der Waals surface area (Å²) in [7, 11) is 0. The van der Waals surface area contributed by atoms with Crippen molar-refractivity contribution in [3.8, 4) is 0 Å². The van der Waals surface area contributed by atoms with Crippen LogP contribution in [0.3, 0.4) is 0 Å². The van der Waals surface area contributed by atoms with Gasteiger partial charge in [0.1, 0.15) is 0 Å². The van der Waals surface area contributed by atoms with Crippen LogP contribution in [-0.4, -0.2) is 11.8 Å². The van der Waals surface area contributed by atoms with Crippen LogP contribution < -0.4 is 5.73 Å². The minimum atomic E-state index is -0.465. The summed E-state index contributed by atoms with van der Waals surface area (Å²) in [5.41, 5.74) is 7.31.